The Balaban J connectivity index is 4.55. The van der Waals surface area contributed by atoms with Gasteiger partial charge in [-0.15, -0.1) is 0 Å². The number of nitrogens with zero attached hydrogens (tertiary/aromatic N) is 1. The molecule has 2 unspecified atom stereocenters. The summed E-state index contributed by atoms with van der Waals surface area (Å²) in [5, 5.41) is 9.64. The minimum absolute atomic E-state index is 0.174. The number of carbonyl (C=O) groups is 3. The monoisotopic (exact) mass is 827 g/mol. The van der Waals surface area contributed by atoms with Crippen LogP contribution in [0.15, 0.2) is 85.1 Å². The third kappa shape index (κ3) is 42.4. The number of rotatable bonds is 40. The molecule has 0 bridgehead atoms. The van der Waals surface area contributed by atoms with Crippen LogP contribution in [0.5, 0.6) is 0 Å². The molecule has 0 aromatic carbocycles. The van der Waals surface area contributed by atoms with Crippen LogP contribution in [0.25, 0.3) is 0 Å². The van der Waals surface area contributed by atoms with Crippen molar-refractivity contribution in [2.75, 3.05) is 47.5 Å². The van der Waals surface area contributed by atoms with Gasteiger partial charge in [-0.3, -0.25) is 9.59 Å². The fraction of sp³-hybridized carbons (Fsp3) is 0.660. The lowest BCUT2D eigenvalue weighted by atomic mass is 10.1. The van der Waals surface area contributed by atoms with Crippen molar-refractivity contribution in [3.8, 4) is 0 Å². The van der Waals surface area contributed by atoms with E-state index in [2.05, 4.69) is 98.9 Å². The highest BCUT2D eigenvalue weighted by Gasteiger charge is 2.25. The van der Waals surface area contributed by atoms with Gasteiger partial charge in [-0.05, 0) is 89.9 Å². The summed E-state index contributed by atoms with van der Waals surface area (Å²) in [7, 11) is 5.93. The van der Waals surface area contributed by atoms with Crippen LogP contribution in [0, 0.1) is 0 Å². The summed E-state index contributed by atoms with van der Waals surface area (Å²) in [6.45, 7) is 4.65. The zero-order valence-corrected chi connectivity index (χ0v) is 37.9. The van der Waals surface area contributed by atoms with Crippen molar-refractivity contribution in [2.45, 2.75) is 167 Å². The van der Waals surface area contributed by atoms with E-state index in [9.17, 15) is 19.5 Å². The standard InChI is InChI=1S/C50H83NO8/c1-6-8-10-12-14-16-18-20-22-23-24-25-27-29-31-33-35-37-39-41-48(53)59-46(45-58-50(49(54)55)56-43-42-51(3,4)5)44-57-47(52)40-38-36-34-32-30-28-26-21-19-17-15-13-11-9-7-2/h8,10,14-17,20-22,24-26,29,31,46,50H,6-7,9,11-13,18-19,23,27-28,30,32-45H2,1-5H3/p+1/b10-8-,16-14-,17-15-,22-20-,25-24-,26-21-,31-29-. The van der Waals surface area contributed by atoms with Crippen LogP contribution in [0.3, 0.4) is 0 Å². The van der Waals surface area contributed by atoms with Crippen molar-refractivity contribution < 1.29 is 42.9 Å². The van der Waals surface area contributed by atoms with Crippen molar-refractivity contribution in [1.29, 1.82) is 0 Å². The minimum Gasteiger partial charge on any atom is -0.477 e. The average Bonchev–Trinajstić information content (AvgIpc) is 3.19. The van der Waals surface area contributed by atoms with Gasteiger partial charge in [0.2, 0.25) is 0 Å². The van der Waals surface area contributed by atoms with E-state index in [4.69, 9.17) is 18.9 Å². The van der Waals surface area contributed by atoms with Gasteiger partial charge in [0.05, 0.1) is 34.4 Å². The second-order valence-corrected chi connectivity index (χ2v) is 16.0. The van der Waals surface area contributed by atoms with Gasteiger partial charge in [-0.1, -0.05) is 137 Å². The molecule has 0 spiro atoms. The van der Waals surface area contributed by atoms with Crippen molar-refractivity contribution in [2.24, 2.45) is 0 Å². The average molecular weight is 827 g/mol. The van der Waals surface area contributed by atoms with E-state index in [1.54, 1.807) is 0 Å². The zero-order valence-electron chi connectivity index (χ0n) is 37.9. The molecular weight excluding hydrogens is 743 g/mol. The first-order chi connectivity index (χ1) is 28.6. The largest absolute Gasteiger partial charge is 0.477 e. The first-order valence-electron chi connectivity index (χ1n) is 22.8. The third-order valence-electron chi connectivity index (χ3n) is 9.14. The van der Waals surface area contributed by atoms with E-state index in [0.717, 1.165) is 96.3 Å². The Morgan fingerprint density at radius 2 is 0.966 bits per heavy atom. The molecule has 0 amide bonds. The van der Waals surface area contributed by atoms with Crippen LogP contribution in [-0.2, 0) is 33.3 Å². The van der Waals surface area contributed by atoms with E-state index in [-0.39, 0.29) is 38.6 Å². The number of ether oxygens (including phenoxy) is 4. The fourth-order valence-electron chi connectivity index (χ4n) is 5.60. The predicted octanol–water partition coefficient (Wildman–Crippen LogP) is 12.1. The molecule has 0 heterocycles. The zero-order chi connectivity index (χ0) is 43.5. The van der Waals surface area contributed by atoms with E-state index in [1.165, 1.54) is 25.7 Å². The molecular formula is C50H84NO8+. The number of carboxylic acid groups (broad SMARTS) is 1. The molecule has 1 N–H and O–H groups in total. The van der Waals surface area contributed by atoms with Crippen LogP contribution in [-0.4, -0.2) is 87.4 Å². The normalized spacial score (nSPS) is 13.7. The summed E-state index contributed by atoms with van der Waals surface area (Å²) in [6, 6.07) is 0. The number of likely N-dealkylation sites (N-methyl/N-ethyl adjacent to an activating group) is 1. The second kappa shape index (κ2) is 41.2. The molecule has 9 heteroatoms. The van der Waals surface area contributed by atoms with Crippen molar-refractivity contribution in [3.05, 3.63) is 85.1 Å². The first kappa shape index (κ1) is 55.5. The smallest absolute Gasteiger partial charge is 0.361 e. The number of carboxylic acids is 1. The Bertz CT molecular complexity index is 1240. The van der Waals surface area contributed by atoms with Crippen LogP contribution < -0.4 is 0 Å². The van der Waals surface area contributed by atoms with Crippen molar-refractivity contribution in [1.82, 2.24) is 0 Å². The Hall–Kier alpha value is -3.53. The van der Waals surface area contributed by atoms with Gasteiger partial charge in [0, 0.05) is 12.8 Å². The quantitative estimate of drug-likeness (QED) is 0.0214. The van der Waals surface area contributed by atoms with Gasteiger partial charge in [-0.2, -0.15) is 0 Å². The Morgan fingerprint density at radius 1 is 0.525 bits per heavy atom. The molecule has 0 radical (unpaired) electrons. The van der Waals surface area contributed by atoms with Crippen molar-refractivity contribution >= 4 is 17.9 Å². The maximum Gasteiger partial charge on any atom is 0.361 e. The molecule has 336 valence electrons. The van der Waals surface area contributed by atoms with Crippen LogP contribution in [0.1, 0.15) is 155 Å². The number of esters is 2. The lowest BCUT2D eigenvalue weighted by molar-refractivity contribution is -0.870. The number of quaternary nitrogens is 1. The van der Waals surface area contributed by atoms with Gasteiger partial charge in [0.1, 0.15) is 13.2 Å². The second-order valence-electron chi connectivity index (χ2n) is 16.0. The van der Waals surface area contributed by atoms with Gasteiger partial charge in [-0.25, -0.2) is 4.79 Å². The maximum absolute atomic E-state index is 12.8. The highest BCUT2D eigenvalue weighted by molar-refractivity contribution is 5.71. The molecule has 9 nitrogen and oxygen atoms in total. The number of hydrogen-bond donors (Lipinski definition) is 1. The SMILES string of the molecule is CC/C=C\C/C=C\C/C=C\C/C=C\C/C=C\CCCCCC(=O)OC(COC(=O)CCCCCCC/C=C\C/C=C\CCCCC)COC(OCC[N+](C)(C)C)C(=O)O. The molecule has 0 aromatic heterocycles. The summed E-state index contributed by atoms with van der Waals surface area (Å²) >= 11 is 0. The predicted molar refractivity (Wildman–Crippen MR) is 244 cm³/mol. The lowest BCUT2D eigenvalue weighted by Gasteiger charge is -2.25. The highest BCUT2D eigenvalue weighted by Crippen LogP contribution is 2.12. The van der Waals surface area contributed by atoms with E-state index in [1.807, 2.05) is 21.1 Å². The van der Waals surface area contributed by atoms with Gasteiger partial charge < -0.3 is 28.5 Å². The number of allylic oxidation sites excluding steroid dienone is 14. The molecule has 2 atom stereocenters. The highest BCUT2D eigenvalue weighted by atomic mass is 16.7. The molecule has 0 fully saturated rings. The van der Waals surface area contributed by atoms with Gasteiger partial charge in [0.15, 0.2) is 6.10 Å². The van der Waals surface area contributed by atoms with Crippen LogP contribution >= 0.6 is 0 Å². The van der Waals surface area contributed by atoms with Gasteiger partial charge in [0.25, 0.3) is 6.29 Å². The molecule has 0 aliphatic carbocycles. The number of carbonyl (C=O) groups excluding carboxylic acids is 2. The summed E-state index contributed by atoms with van der Waals surface area (Å²) < 4.78 is 22.7. The molecule has 59 heavy (non-hydrogen) atoms. The van der Waals surface area contributed by atoms with E-state index >= 15 is 0 Å². The minimum atomic E-state index is -1.53. The summed E-state index contributed by atoms with van der Waals surface area (Å²) in [6.07, 6.45) is 49.2. The molecule has 0 rings (SSSR count). The molecule has 0 aromatic rings. The fourth-order valence-corrected chi connectivity index (χ4v) is 5.60. The van der Waals surface area contributed by atoms with E-state index < -0.39 is 24.3 Å². The molecule has 0 aliphatic heterocycles. The summed E-state index contributed by atoms with van der Waals surface area (Å²) in [5.41, 5.74) is 0. The Morgan fingerprint density at radius 3 is 1.46 bits per heavy atom. The van der Waals surface area contributed by atoms with Crippen LogP contribution in [0.4, 0.5) is 0 Å². The topological polar surface area (TPSA) is 108 Å². The Kier molecular flexibility index (Phi) is 38.7. The Labute approximate surface area is 359 Å². The van der Waals surface area contributed by atoms with Gasteiger partial charge >= 0.3 is 17.9 Å². The number of hydrogen-bond acceptors (Lipinski definition) is 7. The maximum atomic E-state index is 12.8. The van der Waals surface area contributed by atoms with E-state index in [0.29, 0.717) is 17.4 Å². The summed E-state index contributed by atoms with van der Waals surface area (Å²) in [5.74, 6) is -2.08. The first-order valence-corrected chi connectivity index (χ1v) is 22.8. The van der Waals surface area contributed by atoms with Crippen LogP contribution in [0.2, 0.25) is 0 Å². The lowest BCUT2D eigenvalue weighted by Crippen LogP contribution is -2.40. The van der Waals surface area contributed by atoms with Crippen molar-refractivity contribution in [3.63, 3.8) is 0 Å². The molecule has 0 saturated carbocycles. The molecule has 0 saturated heterocycles. The number of aliphatic carboxylic acids is 1. The molecule has 0 aliphatic rings. The number of unbranched alkanes of at least 4 members (excludes halogenated alkanes) is 11. The third-order valence-corrected chi connectivity index (χ3v) is 9.14. The summed E-state index contributed by atoms with van der Waals surface area (Å²) in [4.78, 5) is 37.1.